The molecule has 0 unspecified atom stereocenters. The van der Waals surface area contributed by atoms with Crippen LogP contribution in [0.2, 0.25) is 0 Å². The number of hydrogen-bond donors (Lipinski definition) is 1. The fourth-order valence-electron chi connectivity index (χ4n) is 3.06. The molecular weight excluding hydrogens is 261 g/mol. The summed E-state index contributed by atoms with van der Waals surface area (Å²) in [6.07, 6.45) is 2.66. The molecule has 1 saturated heterocycles. The summed E-state index contributed by atoms with van der Waals surface area (Å²) in [6.45, 7) is 0.499. The van der Waals surface area contributed by atoms with E-state index in [0.717, 1.165) is 12.0 Å². The molecule has 1 heterocycles. The van der Waals surface area contributed by atoms with Crippen LogP contribution < -0.4 is 0 Å². The summed E-state index contributed by atoms with van der Waals surface area (Å²) in [5, 5.41) is 9.18. The molecule has 3 rings (SSSR count). The Kier molecular flexibility index (Phi) is 3.00. The first kappa shape index (κ1) is 13.1. The third-order valence-corrected chi connectivity index (χ3v) is 4.35. The van der Waals surface area contributed by atoms with Crippen LogP contribution in [0.4, 0.5) is 4.39 Å². The lowest BCUT2D eigenvalue weighted by Gasteiger charge is -2.27. The summed E-state index contributed by atoms with van der Waals surface area (Å²) < 4.78 is 13.0. The van der Waals surface area contributed by atoms with Gasteiger partial charge in [-0.15, -0.1) is 0 Å². The zero-order valence-electron chi connectivity index (χ0n) is 11.0. The average Bonchev–Trinajstić information content (AvgIpc) is 3.08. The van der Waals surface area contributed by atoms with E-state index in [0.29, 0.717) is 25.8 Å². The maximum absolute atomic E-state index is 13.0. The molecule has 1 amide bonds. The standard InChI is InChI=1S/C15H16FNO3/c16-11-5-3-10(4-6-11)15(7-8-15)14(20)17-9-1-2-12(17)13(18)19/h3-6,12H,1-2,7-9H2,(H,18,19)/t12-/m0/s1. The molecule has 1 aromatic rings. The smallest absolute Gasteiger partial charge is 0.326 e. The first-order valence-electron chi connectivity index (χ1n) is 6.84. The number of likely N-dealkylation sites (tertiary alicyclic amines) is 1. The SMILES string of the molecule is O=C(O)[C@@H]1CCCN1C(=O)C1(c2ccc(F)cc2)CC1. The molecule has 0 radical (unpaired) electrons. The van der Waals surface area contributed by atoms with Gasteiger partial charge in [0.2, 0.25) is 5.91 Å². The highest BCUT2D eigenvalue weighted by Crippen LogP contribution is 2.50. The third-order valence-electron chi connectivity index (χ3n) is 4.35. The van der Waals surface area contributed by atoms with Crippen molar-refractivity contribution in [2.75, 3.05) is 6.54 Å². The number of amides is 1. The van der Waals surface area contributed by atoms with Crippen LogP contribution in [0, 0.1) is 5.82 Å². The van der Waals surface area contributed by atoms with E-state index in [1.807, 2.05) is 0 Å². The number of hydrogen-bond acceptors (Lipinski definition) is 2. The number of nitrogens with zero attached hydrogens (tertiary/aromatic N) is 1. The molecule has 20 heavy (non-hydrogen) atoms. The van der Waals surface area contributed by atoms with Gasteiger partial charge in [-0.2, -0.15) is 0 Å². The van der Waals surface area contributed by atoms with Gasteiger partial charge in [0.1, 0.15) is 11.9 Å². The normalized spacial score (nSPS) is 23.6. The van der Waals surface area contributed by atoms with Crippen molar-refractivity contribution in [1.29, 1.82) is 0 Å². The fraction of sp³-hybridized carbons (Fsp3) is 0.467. The van der Waals surface area contributed by atoms with E-state index < -0.39 is 17.4 Å². The molecule has 2 aliphatic rings. The Hall–Kier alpha value is -1.91. The third kappa shape index (κ3) is 1.97. The topological polar surface area (TPSA) is 57.6 Å². The summed E-state index contributed by atoms with van der Waals surface area (Å²) in [5.74, 6) is -1.39. The van der Waals surface area contributed by atoms with Gasteiger partial charge < -0.3 is 10.0 Å². The van der Waals surface area contributed by atoms with Crippen molar-refractivity contribution in [3.63, 3.8) is 0 Å². The second-order valence-electron chi connectivity index (χ2n) is 5.58. The molecule has 0 aromatic heterocycles. The largest absolute Gasteiger partial charge is 0.480 e. The Bertz CT molecular complexity index is 551. The molecule has 106 valence electrons. The van der Waals surface area contributed by atoms with Gasteiger partial charge in [-0.25, -0.2) is 9.18 Å². The second kappa shape index (κ2) is 4.58. The van der Waals surface area contributed by atoms with Gasteiger partial charge in [-0.1, -0.05) is 12.1 Å². The van der Waals surface area contributed by atoms with E-state index in [1.165, 1.54) is 17.0 Å². The number of carboxylic acids is 1. The van der Waals surface area contributed by atoms with E-state index in [1.54, 1.807) is 12.1 Å². The minimum absolute atomic E-state index is 0.117. The highest BCUT2D eigenvalue weighted by atomic mass is 19.1. The Morgan fingerprint density at radius 2 is 1.90 bits per heavy atom. The fourth-order valence-corrected chi connectivity index (χ4v) is 3.06. The van der Waals surface area contributed by atoms with Crippen LogP contribution in [-0.2, 0) is 15.0 Å². The molecule has 1 aliphatic carbocycles. The molecule has 0 spiro atoms. The second-order valence-corrected chi connectivity index (χ2v) is 5.58. The quantitative estimate of drug-likeness (QED) is 0.918. The molecule has 1 saturated carbocycles. The van der Waals surface area contributed by atoms with E-state index in [9.17, 15) is 19.1 Å². The van der Waals surface area contributed by atoms with E-state index >= 15 is 0 Å². The maximum Gasteiger partial charge on any atom is 0.326 e. The monoisotopic (exact) mass is 277 g/mol. The van der Waals surface area contributed by atoms with Gasteiger partial charge in [-0.05, 0) is 43.4 Å². The highest BCUT2D eigenvalue weighted by molar-refractivity contribution is 5.94. The van der Waals surface area contributed by atoms with Crippen molar-refractivity contribution >= 4 is 11.9 Å². The number of aliphatic carboxylic acids is 1. The van der Waals surface area contributed by atoms with Gasteiger partial charge in [0, 0.05) is 6.54 Å². The van der Waals surface area contributed by atoms with Crippen LogP contribution in [0.25, 0.3) is 0 Å². The summed E-state index contributed by atoms with van der Waals surface area (Å²) in [5.41, 5.74) is 0.172. The Morgan fingerprint density at radius 1 is 1.25 bits per heavy atom. The van der Waals surface area contributed by atoms with Crippen LogP contribution in [0.1, 0.15) is 31.2 Å². The molecule has 1 atom stereocenters. The van der Waals surface area contributed by atoms with Gasteiger partial charge >= 0.3 is 5.97 Å². The van der Waals surface area contributed by atoms with Crippen molar-refractivity contribution < 1.29 is 19.1 Å². The van der Waals surface area contributed by atoms with E-state index in [-0.39, 0.29) is 11.7 Å². The van der Waals surface area contributed by atoms with Crippen molar-refractivity contribution in [2.45, 2.75) is 37.1 Å². The summed E-state index contributed by atoms with van der Waals surface area (Å²) in [7, 11) is 0. The van der Waals surface area contributed by atoms with Crippen LogP contribution in [0.5, 0.6) is 0 Å². The van der Waals surface area contributed by atoms with Crippen LogP contribution in [0.15, 0.2) is 24.3 Å². The molecule has 2 fully saturated rings. The summed E-state index contributed by atoms with van der Waals surface area (Å²) in [4.78, 5) is 25.4. The summed E-state index contributed by atoms with van der Waals surface area (Å²) in [6, 6.07) is 5.25. The predicted octanol–water partition coefficient (Wildman–Crippen LogP) is 1.93. The lowest BCUT2D eigenvalue weighted by atomic mass is 9.94. The number of carbonyl (C=O) groups is 2. The lowest BCUT2D eigenvalue weighted by Crippen LogP contribution is -2.45. The highest BCUT2D eigenvalue weighted by Gasteiger charge is 2.55. The van der Waals surface area contributed by atoms with Crippen molar-refractivity contribution in [2.24, 2.45) is 0 Å². The van der Waals surface area contributed by atoms with Gasteiger partial charge in [0.15, 0.2) is 0 Å². The Balaban J connectivity index is 1.86. The van der Waals surface area contributed by atoms with Gasteiger partial charge in [0.25, 0.3) is 0 Å². The van der Waals surface area contributed by atoms with Crippen molar-refractivity contribution in [3.8, 4) is 0 Å². The minimum Gasteiger partial charge on any atom is -0.480 e. The van der Waals surface area contributed by atoms with Crippen molar-refractivity contribution in [3.05, 3.63) is 35.6 Å². The molecule has 4 nitrogen and oxygen atoms in total. The lowest BCUT2D eigenvalue weighted by molar-refractivity contribution is -0.149. The van der Waals surface area contributed by atoms with Crippen LogP contribution >= 0.6 is 0 Å². The number of rotatable bonds is 3. The number of carbonyl (C=O) groups excluding carboxylic acids is 1. The Labute approximate surface area is 116 Å². The van der Waals surface area contributed by atoms with Gasteiger partial charge in [0.05, 0.1) is 5.41 Å². The molecule has 5 heteroatoms. The predicted molar refractivity (Wildman–Crippen MR) is 69.7 cm³/mol. The minimum atomic E-state index is -0.939. The first-order chi connectivity index (χ1) is 9.54. The van der Waals surface area contributed by atoms with E-state index in [2.05, 4.69) is 0 Å². The Morgan fingerprint density at radius 3 is 2.45 bits per heavy atom. The zero-order valence-corrected chi connectivity index (χ0v) is 11.0. The van der Waals surface area contributed by atoms with Crippen LogP contribution in [0.3, 0.4) is 0 Å². The summed E-state index contributed by atoms with van der Waals surface area (Å²) >= 11 is 0. The zero-order chi connectivity index (χ0) is 14.3. The maximum atomic E-state index is 13.0. The van der Waals surface area contributed by atoms with Crippen molar-refractivity contribution in [1.82, 2.24) is 4.90 Å². The molecule has 1 N–H and O–H groups in total. The molecular formula is C15H16FNO3. The number of carboxylic acid groups (broad SMARTS) is 1. The van der Waals surface area contributed by atoms with E-state index in [4.69, 9.17) is 0 Å². The molecule has 1 aromatic carbocycles. The molecule has 0 bridgehead atoms. The molecule has 1 aliphatic heterocycles. The first-order valence-corrected chi connectivity index (χ1v) is 6.84. The van der Waals surface area contributed by atoms with Crippen LogP contribution in [-0.4, -0.2) is 34.5 Å². The number of benzene rings is 1. The van der Waals surface area contributed by atoms with Gasteiger partial charge in [-0.3, -0.25) is 4.79 Å². The number of halogens is 1. The average molecular weight is 277 g/mol.